The van der Waals surface area contributed by atoms with E-state index in [1.165, 1.54) is 6.07 Å². The molecule has 0 fully saturated rings. The van der Waals surface area contributed by atoms with Gasteiger partial charge >= 0.3 is 0 Å². The van der Waals surface area contributed by atoms with Gasteiger partial charge in [0.1, 0.15) is 5.82 Å². The zero-order valence-corrected chi connectivity index (χ0v) is 13.3. The molecule has 0 heterocycles. The number of anilines is 2. The Balaban J connectivity index is 2.54. The molecule has 0 saturated heterocycles. The standard InChI is InChI=1S/C13H19FIN3O/c1-3-18(4-2)13(19)5-6-17-12-7-9(14)10(15)8-11(12)16/h7-8,17H,3-6,16H2,1-2H3. The van der Waals surface area contributed by atoms with Crippen LogP contribution in [0.15, 0.2) is 12.1 Å². The Morgan fingerprint density at radius 3 is 2.63 bits per heavy atom. The number of nitrogens with two attached hydrogens (primary N) is 1. The highest BCUT2D eigenvalue weighted by Gasteiger charge is 2.10. The Hall–Kier alpha value is -1.05. The molecular formula is C13H19FIN3O. The summed E-state index contributed by atoms with van der Waals surface area (Å²) in [5.74, 6) is -0.227. The predicted octanol–water partition coefficient (Wildman–Crippen LogP) is 2.68. The number of carbonyl (C=O) groups is 1. The Kier molecular flexibility index (Phi) is 6.33. The molecule has 0 aliphatic rings. The van der Waals surface area contributed by atoms with Gasteiger partial charge in [-0.1, -0.05) is 0 Å². The van der Waals surface area contributed by atoms with Crippen molar-refractivity contribution in [3.63, 3.8) is 0 Å². The third-order valence-electron chi connectivity index (χ3n) is 2.86. The van der Waals surface area contributed by atoms with Crippen molar-refractivity contribution in [2.24, 2.45) is 0 Å². The van der Waals surface area contributed by atoms with Crippen molar-refractivity contribution in [1.82, 2.24) is 4.90 Å². The van der Waals surface area contributed by atoms with Crippen molar-refractivity contribution in [3.05, 3.63) is 21.5 Å². The van der Waals surface area contributed by atoms with Crippen molar-refractivity contribution < 1.29 is 9.18 Å². The summed E-state index contributed by atoms with van der Waals surface area (Å²) in [6, 6.07) is 2.93. The lowest BCUT2D eigenvalue weighted by molar-refractivity contribution is -0.130. The molecule has 1 aromatic rings. The molecule has 0 radical (unpaired) electrons. The van der Waals surface area contributed by atoms with Gasteiger partial charge in [-0.15, -0.1) is 0 Å². The SMILES string of the molecule is CCN(CC)C(=O)CCNc1cc(F)c(I)cc1N. The fraction of sp³-hybridized carbons (Fsp3) is 0.462. The summed E-state index contributed by atoms with van der Waals surface area (Å²) in [5, 5.41) is 3.00. The summed E-state index contributed by atoms with van der Waals surface area (Å²) in [6.45, 7) is 5.74. The first-order chi connectivity index (χ1) is 8.99. The van der Waals surface area contributed by atoms with E-state index in [0.717, 1.165) is 0 Å². The van der Waals surface area contributed by atoms with Gasteiger partial charge in [0.05, 0.1) is 14.9 Å². The first-order valence-electron chi connectivity index (χ1n) is 6.25. The fourth-order valence-electron chi connectivity index (χ4n) is 1.75. The van der Waals surface area contributed by atoms with E-state index < -0.39 is 0 Å². The summed E-state index contributed by atoms with van der Waals surface area (Å²) in [5.41, 5.74) is 6.81. The Morgan fingerprint density at radius 1 is 1.42 bits per heavy atom. The van der Waals surface area contributed by atoms with Gasteiger partial charge in [-0.3, -0.25) is 4.79 Å². The molecule has 0 atom stereocenters. The maximum Gasteiger partial charge on any atom is 0.224 e. The molecule has 0 aliphatic heterocycles. The molecule has 6 heteroatoms. The Morgan fingerprint density at radius 2 is 2.05 bits per heavy atom. The summed E-state index contributed by atoms with van der Waals surface area (Å²) < 4.78 is 13.9. The van der Waals surface area contributed by atoms with Crippen LogP contribution < -0.4 is 11.1 Å². The van der Waals surface area contributed by atoms with E-state index >= 15 is 0 Å². The minimum atomic E-state index is -0.313. The number of nitrogens with zero attached hydrogens (tertiary/aromatic N) is 1. The van der Waals surface area contributed by atoms with Crippen molar-refractivity contribution in [3.8, 4) is 0 Å². The fourth-order valence-corrected chi connectivity index (χ4v) is 2.25. The van der Waals surface area contributed by atoms with Crippen LogP contribution in [0.4, 0.5) is 15.8 Å². The number of benzene rings is 1. The molecule has 1 amide bonds. The van der Waals surface area contributed by atoms with Crippen LogP contribution >= 0.6 is 22.6 Å². The molecule has 0 unspecified atom stereocenters. The van der Waals surface area contributed by atoms with Crippen molar-refractivity contribution >= 4 is 39.9 Å². The van der Waals surface area contributed by atoms with Gasteiger partial charge in [-0.25, -0.2) is 4.39 Å². The lowest BCUT2D eigenvalue weighted by Crippen LogP contribution is -2.31. The smallest absolute Gasteiger partial charge is 0.224 e. The molecule has 0 aromatic heterocycles. The maximum atomic E-state index is 13.4. The number of amides is 1. The third kappa shape index (κ3) is 4.52. The molecule has 0 aliphatic carbocycles. The molecule has 106 valence electrons. The van der Waals surface area contributed by atoms with Crippen LogP contribution in [-0.2, 0) is 4.79 Å². The van der Waals surface area contributed by atoms with Crippen molar-refractivity contribution in [2.75, 3.05) is 30.7 Å². The minimum absolute atomic E-state index is 0.0852. The zero-order chi connectivity index (χ0) is 14.4. The molecule has 1 rings (SSSR count). The lowest BCUT2D eigenvalue weighted by Gasteiger charge is -2.19. The summed E-state index contributed by atoms with van der Waals surface area (Å²) in [7, 11) is 0. The van der Waals surface area contributed by atoms with E-state index in [1.807, 2.05) is 36.4 Å². The van der Waals surface area contributed by atoms with Crippen LogP contribution in [0.3, 0.4) is 0 Å². The first-order valence-corrected chi connectivity index (χ1v) is 7.33. The molecular weight excluding hydrogens is 360 g/mol. The van der Waals surface area contributed by atoms with Crippen molar-refractivity contribution in [1.29, 1.82) is 0 Å². The Bertz CT molecular complexity index is 450. The Labute approximate surface area is 126 Å². The second kappa shape index (κ2) is 7.52. The van der Waals surface area contributed by atoms with Crippen LogP contribution in [0.2, 0.25) is 0 Å². The van der Waals surface area contributed by atoms with Crippen LogP contribution in [0.1, 0.15) is 20.3 Å². The second-order valence-electron chi connectivity index (χ2n) is 4.10. The zero-order valence-electron chi connectivity index (χ0n) is 11.2. The molecule has 4 nitrogen and oxygen atoms in total. The van der Waals surface area contributed by atoms with Gasteiger partial charge in [0.25, 0.3) is 0 Å². The van der Waals surface area contributed by atoms with Crippen LogP contribution in [0, 0.1) is 9.39 Å². The molecule has 19 heavy (non-hydrogen) atoms. The van der Waals surface area contributed by atoms with Crippen molar-refractivity contribution in [2.45, 2.75) is 20.3 Å². The number of nitrogens with one attached hydrogen (secondary N) is 1. The quantitative estimate of drug-likeness (QED) is 0.590. The largest absolute Gasteiger partial charge is 0.397 e. The highest BCUT2D eigenvalue weighted by Crippen LogP contribution is 2.23. The molecule has 0 bridgehead atoms. The number of halogens is 2. The van der Waals surface area contributed by atoms with E-state index in [0.29, 0.717) is 41.0 Å². The lowest BCUT2D eigenvalue weighted by atomic mass is 10.2. The van der Waals surface area contributed by atoms with Gasteiger partial charge in [-0.05, 0) is 42.5 Å². The topological polar surface area (TPSA) is 58.4 Å². The summed E-state index contributed by atoms with van der Waals surface area (Å²) in [6.07, 6.45) is 0.370. The average Bonchev–Trinajstić information content (AvgIpc) is 2.37. The van der Waals surface area contributed by atoms with E-state index in [1.54, 1.807) is 11.0 Å². The highest BCUT2D eigenvalue weighted by molar-refractivity contribution is 14.1. The van der Waals surface area contributed by atoms with E-state index in [-0.39, 0.29) is 11.7 Å². The monoisotopic (exact) mass is 379 g/mol. The minimum Gasteiger partial charge on any atom is -0.397 e. The van der Waals surface area contributed by atoms with Gasteiger partial charge in [0.15, 0.2) is 0 Å². The maximum absolute atomic E-state index is 13.4. The number of hydrogen-bond donors (Lipinski definition) is 2. The molecule has 0 spiro atoms. The van der Waals surface area contributed by atoms with E-state index in [4.69, 9.17) is 5.73 Å². The van der Waals surface area contributed by atoms with Gasteiger partial charge in [-0.2, -0.15) is 0 Å². The number of carbonyl (C=O) groups excluding carboxylic acids is 1. The van der Waals surface area contributed by atoms with E-state index in [9.17, 15) is 9.18 Å². The van der Waals surface area contributed by atoms with Crippen LogP contribution in [0.25, 0.3) is 0 Å². The average molecular weight is 379 g/mol. The first kappa shape index (κ1) is 16.0. The van der Waals surface area contributed by atoms with Gasteiger partial charge in [0.2, 0.25) is 5.91 Å². The molecule has 1 aromatic carbocycles. The summed E-state index contributed by atoms with van der Waals surface area (Å²) in [4.78, 5) is 13.5. The molecule has 0 saturated carbocycles. The number of rotatable bonds is 6. The van der Waals surface area contributed by atoms with Crippen LogP contribution in [-0.4, -0.2) is 30.4 Å². The van der Waals surface area contributed by atoms with Gasteiger partial charge in [0, 0.05) is 32.1 Å². The molecule has 3 N–H and O–H groups in total. The van der Waals surface area contributed by atoms with Gasteiger partial charge < -0.3 is 16.0 Å². The normalized spacial score (nSPS) is 10.3. The van der Waals surface area contributed by atoms with Crippen LogP contribution in [0.5, 0.6) is 0 Å². The predicted molar refractivity (Wildman–Crippen MR) is 84.6 cm³/mol. The number of nitrogen functional groups attached to an aromatic ring is 1. The highest BCUT2D eigenvalue weighted by atomic mass is 127. The second-order valence-corrected chi connectivity index (χ2v) is 5.26. The third-order valence-corrected chi connectivity index (χ3v) is 3.69. The van der Waals surface area contributed by atoms with E-state index in [2.05, 4.69) is 5.32 Å². The summed E-state index contributed by atoms with van der Waals surface area (Å²) >= 11 is 1.89. The number of hydrogen-bond acceptors (Lipinski definition) is 3.